The third kappa shape index (κ3) is 3.17. The molecule has 1 aromatic heterocycles. The van der Waals surface area contributed by atoms with Gasteiger partial charge in [0, 0.05) is 45.1 Å². The minimum absolute atomic E-state index is 0.184. The highest BCUT2D eigenvalue weighted by atomic mass is 16.2. The van der Waals surface area contributed by atoms with E-state index in [9.17, 15) is 4.79 Å². The molecule has 2 aliphatic heterocycles. The first kappa shape index (κ1) is 16.2. The Morgan fingerprint density at radius 2 is 1.52 bits per heavy atom. The molecule has 132 valence electrons. The summed E-state index contributed by atoms with van der Waals surface area (Å²) in [6.45, 7) is 4.07. The van der Waals surface area contributed by atoms with Crippen LogP contribution < -0.4 is 4.90 Å². The lowest BCUT2D eigenvalue weighted by Crippen LogP contribution is -2.48. The van der Waals surface area contributed by atoms with E-state index in [1.165, 1.54) is 18.5 Å². The number of hydrogen-bond acceptors (Lipinski definition) is 2. The van der Waals surface area contributed by atoms with E-state index in [1.54, 1.807) is 0 Å². The van der Waals surface area contributed by atoms with E-state index in [-0.39, 0.29) is 5.91 Å². The molecule has 1 amide bonds. The lowest BCUT2D eigenvalue weighted by molar-refractivity contribution is 0.0507. The summed E-state index contributed by atoms with van der Waals surface area (Å²) < 4.78 is 1.92. The summed E-state index contributed by atoms with van der Waals surface area (Å²) in [6.07, 6.45) is 6.72. The number of hydrogen-bond donors (Lipinski definition) is 0. The van der Waals surface area contributed by atoms with Crippen LogP contribution in [-0.4, -0.2) is 41.6 Å². The molecule has 0 bridgehead atoms. The lowest BCUT2D eigenvalue weighted by Gasteiger charge is -2.47. The second kappa shape index (κ2) is 6.58. The molecule has 0 unspecified atom stereocenters. The smallest absolute Gasteiger partial charge is 0.270 e. The Labute approximate surface area is 150 Å². The number of amides is 1. The van der Waals surface area contributed by atoms with Gasteiger partial charge in [-0.2, -0.15) is 0 Å². The van der Waals surface area contributed by atoms with Gasteiger partial charge in [-0.15, -0.1) is 0 Å². The Balaban J connectivity index is 1.35. The van der Waals surface area contributed by atoms with Gasteiger partial charge in [0.05, 0.1) is 0 Å². The molecule has 0 aliphatic carbocycles. The zero-order valence-electron chi connectivity index (χ0n) is 15.0. The molecule has 0 atom stereocenters. The van der Waals surface area contributed by atoms with Gasteiger partial charge >= 0.3 is 0 Å². The molecule has 4 rings (SSSR count). The minimum Gasteiger partial charge on any atom is -0.371 e. The van der Waals surface area contributed by atoms with E-state index in [0.717, 1.165) is 44.7 Å². The van der Waals surface area contributed by atoms with E-state index < -0.39 is 0 Å². The Bertz CT molecular complexity index is 719. The number of nitrogens with zero attached hydrogens (tertiary/aromatic N) is 3. The van der Waals surface area contributed by atoms with Gasteiger partial charge in [-0.3, -0.25) is 4.79 Å². The fraction of sp³-hybridized carbons (Fsp3) is 0.476. The van der Waals surface area contributed by atoms with Gasteiger partial charge in [0.2, 0.25) is 0 Å². The SMILES string of the molecule is Cn1cccc1C(=O)N1CCC2(CC1)CCN(c1ccccc1)CC2. The fourth-order valence-corrected chi connectivity index (χ4v) is 4.41. The summed E-state index contributed by atoms with van der Waals surface area (Å²) in [5.41, 5.74) is 2.58. The van der Waals surface area contributed by atoms with Crippen molar-refractivity contribution >= 4 is 11.6 Å². The summed E-state index contributed by atoms with van der Waals surface area (Å²) in [5.74, 6) is 0.184. The molecular weight excluding hydrogens is 310 g/mol. The zero-order chi connectivity index (χ0) is 17.3. The standard InChI is InChI=1S/C21H27N3O/c1-22-13-5-8-19(22)20(25)24-16-11-21(12-17-24)9-14-23(15-10-21)18-6-3-2-4-7-18/h2-8,13H,9-12,14-17H2,1H3. The second-order valence-electron chi connectivity index (χ2n) is 7.62. The van der Waals surface area contributed by atoms with Crippen LogP contribution in [0.4, 0.5) is 5.69 Å². The van der Waals surface area contributed by atoms with Crippen molar-refractivity contribution in [3.8, 4) is 0 Å². The molecule has 0 N–H and O–H groups in total. The Morgan fingerprint density at radius 1 is 0.880 bits per heavy atom. The van der Waals surface area contributed by atoms with Gasteiger partial charge < -0.3 is 14.4 Å². The quantitative estimate of drug-likeness (QED) is 0.838. The fourth-order valence-electron chi connectivity index (χ4n) is 4.41. The number of carbonyl (C=O) groups excluding carboxylic acids is 1. The average Bonchev–Trinajstić information content (AvgIpc) is 3.09. The summed E-state index contributed by atoms with van der Waals surface area (Å²) in [5, 5.41) is 0. The van der Waals surface area contributed by atoms with Crippen LogP contribution in [0.15, 0.2) is 48.7 Å². The van der Waals surface area contributed by atoms with Gasteiger partial charge in [0.1, 0.15) is 5.69 Å². The molecule has 25 heavy (non-hydrogen) atoms. The van der Waals surface area contributed by atoms with Crippen molar-refractivity contribution in [1.29, 1.82) is 0 Å². The Kier molecular flexibility index (Phi) is 4.28. The van der Waals surface area contributed by atoms with Gasteiger partial charge in [-0.05, 0) is 55.4 Å². The number of rotatable bonds is 2. The molecular formula is C21H27N3O. The van der Waals surface area contributed by atoms with Crippen LogP contribution in [0, 0.1) is 5.41 Å². The molecule has 2 aliphatic rings. The van der Waals surface area contributed by atoms with Crippen LogP contribution in [0.3, 0.4) is 0 Å². The molecule has 4 heteroatoms. The molecule has 4 nitrogen and oxygen atoms in total. The van der Waals surface area contributed by atoms with Crippen LogP contribution in [0.5, 0.6) is 0 Å². The van der Waals surface area contributed by atoms with Crippen LogP contribution in [0.1, 0.15) is 36.2 Å². The third-order valence-electron chi connectivity index (χ3n) is 6.22. The maximum Gasteiger partial charge on any atom is 0.270 e. The first-order valence-corrected chi connectivity index (χ1v) is 9.38. The summed E-state index contributed by atoms with van der Waals surface area (Å²) >= 11 is 0. The monoisotopic (exact) mass is 337 g/mol. The van der Waals surface area contributed by atoms with E-state index in [2.05, 4.69) is 35.2 Å². The summed E-state index contributed by atoms with van der Waals surface area (Å²) in [6, 6.07) is 14.6. The van der Waals surface area contributed by atoms with Crippen LogP contribution in [-0.2, 0) is 7.05 Å². The van der Waals surface area contributed by atoms with Gasteiger partial charge in [-0.1, -0.05) is 18.2 Å². The van der Waals surface area contributed by atoms with Crippen molar-refractivity contribution in [3.05, 3.63) is 54.4 Å². The predicted molar refractivity (Wildman–Crippen MR) is 101 cm³/mol. The van der Waals surface area contributed by atoms with E-state index in [0.29, 0.717) is 5.41 Å². The van der Waals surface area contributed by atoms with Crippen molar-refractivity contribution in [3.63, 3.8) is 0 Å². The van der Waals surface area contributed by atoms with Crippen molar-refractivity contribution in [2.24, 2.45) is 12.5 Å². The largest absolute Gasteiger partial charge is 0.371 e. The molecule has 2 saturated heterocycles. The molecule has 2 aromatic rings. The van der Waals surface area contributed by atoms with Crippen LogP contribution in [0.2, 0.25) is 0 Å². The van der Waals surface area contributed by atoms with Crippen molar-refractivity contribution in [1.82, 2.24) is 9.47 Å². The minimum atomic E-state index is 0.184. The van der Waals surface area contributed by atoms with E-state index >= 15 is 0 Å². The van der Waals surface area contributed by atoms with E-state index in [1.807, 2.05) is 34.8 Å². The molecule has 0 radical (unpaired) electrons. The highest BCUT2D eigenvalue weighted by Crippen LogP contribution is 2.42. The van der Waals surface area contributed by atoms with E-state index in [4.69, 9.17) is 0 Å². The Morgan fingerprint density at radius 3 is 2.12 bits per heavy atom. The van der Waals surface area contributed by atoms with Gasteiger partial charge in [0.15, 0.2) is 0 Å². The molecule has 0 saturated carbocycles. The highest BCUT2D eigenvalue weighted by Gasteiger charge is 2.38. The number of benzene rings is 1. The number of anilines is 1. The molecule has 1 aromatic carbocycles. The molecule has 2 fully saturated rings. The van der Waals surface area contributed by atoms with Crippen molar-refractivity contribution in [2.45, 2.75) is 25.7 Å². The molecule has 1 spiro atoms. The highest BCUT2D eigenvalue weighted by molar-refractivity contribution is 5.92. The number of para-hydroxylation sites is 1. The topological polar surface area (TPSA) is 28.5 Å². The van der Waals surface area contributed by atoms with Gasteiger partial charge in [0.25, 0.3) is 5.91 Å². The third-order valence-corrected chi connectivity index (χ3v) is 6.22. The first-order chi connectivity index (χ1) is 12.2. The van der Waals surface area contributed by atoms with Gasteiger partial charge in [-0.25, -0.2) is 0 Å². The Hall–Kier alpha value is -2.23. The normalized spacial score (nSPS) is 20.0. The van der Waals surface area contributed by atoms with Crippen molar-refractivity contribution in [2.75, 3.05) is 31.1 Å². The number of piperidine rings is 2. The maximum absolute atomic E-state index is 12.7. The van der Waals surface area contributed by atoms with Crippen LogP contribution in [0.25, 0.3) is 0 Å². The number of aryl methyl sites for hydroxylation is 1. The lowest BCUT2D eigenvalue weighted by atomic mass is 9.71. The predicted octanol–water partition coefficient (Wildman–Crippen LogP) is 3.55. The maximum atomic E-state index is 12.7. The number of likely N-dealkylation sites (tertiary alicyclic amines) is 1. The summed E-state index contributed by atoms with van der Waals surface area (Å²) in [7, 11) is 1.94. The number of carbonyl (C=O) groups is 1. The second-order valence-corrected chi connectivity index (χ2v) is 7.62. The van der Waals surface area contributed by atoms with Crippen LogP contribution >= 0.6 is 0 Å². The zero-order valence-corrected chi connectivity index (χ0v) is 15.0. The average molecular weight is 337 g/mol. The first-order valence-electron chi connectivity index (χ1n) is 9.38. The van der Waals surface area contributed by atoms with Crippen molar-refractivity contribution < 1.29 is 4.79 Å². The number of aromatic nitrogens is 1. The molecule has 3 heterocycles. The summed E-state index contributed by atoms with van der Waals surface area (Å²) in [4.78, 5) is 17.2.